The zero-order valence-corrected chi connectivity index (χ0v) is 8.16. The standard InChI is InChI=1S/C10H17N3/c1-2-13-9(4-8-12-13)3-5-10(11)6-7-10/h4,8H,2-3,5-7,11H2,1H3. The van der Waals surface area contributed by atoms with Crippen molar-refractivity contribution in [2.24, 2.45) is 5.73 Å². The molecule has 1 heterocycles. The Kier molecular flexibility index (Phi) is 2.12. The zero-order valence-electron chi connectivity index (χ0n) is 8.16. The summed E-state index contributed by atoms with van der Waals surface area (Å²) in [7, 11) is 0. The minimum Gasteiger partial charge on any atom is -0.325 e. The van der Waals surface area contributed by atoms with E-state index in [-0.39, 0.29) is 5.54 Å². The number of rotatable bonds is 4. The van der Waals surface area contributed by atoms with Crippen LogP contribution in [0.25, 0.3) is 0 Å². The Morgan fingerprint density at radius 2 is 2.38 bits per heavy atom. The Morgan fingerprint density at radius 3 is 3.00 bits per heavy atom. The van der Waals surface area contributed by atoms with E-state index >= 15 is 0 Å². The third kappa shape index (κ3) is 1.91. The van der Waals surface area contributed by atoms with E-state index in [9.17, 15) is 0 Å². The van der Waals surface area contributed by atoms with Crippen LogP contribution in [-0.2, 0) is 13.0 Å². The van der Waals surface area contributed by atoms with E-state index in [1.165, 1.54) is 18.5 Å². The van der Waals surface area contributed by atoms with E-state index in [0.717, 1.165) is 19.4 Å². The van der Waals surface area contributed by atoms with Gasteiger partial charge in [0.2, 0.25) is 0 Å². The van der Waals surface area contributed by atoms with Crippen molar-refractivity contribution >= 4 is 0 Å². The van der Waals surface area contributed by atoms with Gasteiger partial charge < -0.3 is 5.73 Å². The van der Waals surface area contributed by atoms with Crippen molar-refractivity contribution in [3.8, 4) is 0 Å². The lowest BCUT2D eigenvalue weighted by molar-refractivity contribution is 0.561. The lowest BCUT2D eigenvalue weighted by Crippen LogP contribution is -2.22. The van der Waals surface area contributed by atoms with Gasteiger partial charge in [0.1, 0.15) is 0 Å². The number of aromatic nitrogens is 2. The molecule has 1 saturated carbocycles. The summed E-state index contributed by atoms with van der Waals surface area (Å²) in [5, 5.41) is 4.23. The predicted octanol–water partition coefficient (Wildman–Crippen LogP) is 1.33. The maximum absolute atomic E-state index is 6.03. The van der Waals surface area contributed by atoms with Crippen LogP contribution in [0.5, 0.6) is 0 Å². The molecule has 1 aromatic heterocycles. The molecule has 3 nitrogen and oxygen atoms in total. The molecule has 13 heavy (non-hydrogen) atoms. The summed E-state index contributed by atoms with van der Waals surface area (Å²) in [6.07, 6.45) is 6.46. The van der Waals surface area contributed by atoms with Crippen LogP contribution in [-0.4, -0.2) is 15.3 Å². The highest BCUT2D eigenvalue weighted by molar-refractivity contribution is 5.06. The Bertz CT molecular complexity index is 286. The van der Waals surface area contributed by atoms with Gasteiger partial charge in [-0.2, -0.15) is 5.10 Å². The number of nitrogens with zero attached hydrogens (tertiary/aromatic N) is 2. The van der Waals surface area contributed by atoms with Gasteiger partial charge in [-0.3, -0.25) is 4.68 Å². The van der Waals surface area contributed by atoms with E-state index in [0.29, 0.717) is 0 Å². The van der Waals surface area contributed by atoms with Crippen LogP contribution in [0.3, 0.4) is 0 Å². The van der Waals surface area contributed by atoms with Gasteiger partial charge in [-0.05, 0) is 38.7 Å². The van der Waals surface area contributed by atoms with Crippen LogP contribution in [0.15, 0.2) is 12.3 Å². The van der Waals surface area contributed by atoms with Crippen molar-refractivity contribution in [3.63, 3.8) is 0 Å². The summed E-state index contributed by atoms with van der Waals surface area (Å²) in [4.78, 5) is 0. The third-order valence-corrected chi connectivity index (χ3v) is 2.88. The quantitative estimate of drug-likeness (QED) is 0.757. The summed E-state index contributed by atoms with van der Waals surface area (Å²) in [6.45, 7) is 3.08. The highest BCUT2D eigenvalue weighted by Gasteiger charge is 2.37. The van der Waals surface area contributed by atoms with Gasteiger partial charge in [0.25, 0.3) is 0 Å². The lowest BCUT2D eigenvalue weighted by atomic mass is 10.1. The Balaban J connectivity index is 1.93. The molecule has 0 aromatic carbocycles. The summed E-state index contributed by atoms with van der Waals surface area (Å²) in [5.41, 5.74) is 7.51. The molecular formula is C10H17N3. The van der Waals surface area contributed by atoms with Crippen molar-refractivity contribution in [2.45, 2.75) is 44.7 Å². The third-order valence-electron chi connectivity index (χ3n) is 2.88. The molecule has 0 spiro atoms. The van der Waals surface area contributed by atoms with Crippen LogP contribution in [0.4, 0.5) is 0 Å². The van der Waals surface area contributed by atoms with Crippen molar-refractivity contribution in [1.29, 1.82) is 0 Å². The molecule has 2 rings (SSSR count). The van der Waals surface area contributed by atoms with Crippen LogP contribution in [0.2, 0.25) is 0 Å². The van der Waals surface area contributed by atoms with E-state index < -0.39 is 0 Å². The first kappa shape index (κ1) is 8.75. The van der Waals surface area contributed by atoms with Crippen molar-refractivity contribution in [1.82, 2.24) is 9.78 Å². The molecule has 0 amide bonds. The minimum atomic E-state index is 0.169. The van der Waals surface area contributed by atoms with Crippen LogP contribution in [0, 0.1) is 0 Å². The first-order chi connectivity index (χ1) is 6.23. The summed E-state index contributed by atoms with van der Waals surface area (Å²) in [6, 6.07) is 2.09. The predicted molar refractivity (Wildman–Crippen MR) is 52.4 cm³/mol. The molecule has 1 fully saturated rings. The first-order valence-electron chi connectivity index (χ1n) is 5.03. The van der Waals surface area contributed by atoms with E-state index in [1.54, 1.807) is 0 Å². The average Bonchev–Trinajstić information content (AvgIpc) is 2.69. The topological polar surface area (TPSA) is 43.8 Å². The second-order valence-electron chi connectivity index (χ2n) is 4.00. The molecule has 0 aliphatic heterocycles. The summed E-state index contributed by atoms with van der Waals surface area (Å²) in [5.74, 6) is 0. The van der Waals surface area contributed by atoms with E-state index in [1.807, 2.05) is 10.9 Å². The van der Waals surface area contributed by atoms with Crippen LogP contribution in [0.1, 0.15) is 31.9 Å². The van der Waals surface area contributed by atoms with Gasteiger partial charge in [0, 0.05) is 24.0 Å². The van der Waals surface area contributed by atoms with Crippen LogP contribution >= 0.6 is 0 Å². The molecule has 3 heteroatoms. The number of hydrogen-bond acceptors (Lipinski definition) is 2. The molecule has 1 aliphatic rings. The van der Waals surface area contributed by atoms with Crippen molar-refractivity contribution < 1.29 is 0 Å². The average molecular weight is 179 g/mol. The second kappa shape index (κ2) is 3.14. The molecule has 72 valence electrons. The maximum atomic E-state index is 6.03. The van der Waals surface area contributed by atoms with Crippen LogP contribution < -0.4 is 5.73 Å². The Morgan fingerprint density at radius 1 is 1.62 bits per heavy atom. The lowest BCUT2D eigenvalue weighted by Gasteiger charge is -2.08. The molecule has 0 radical (unpaired) electrons. The maximum Gasteiger partial charge on any atom is 0.0492 e. The number of nitrogens with two attached hydrogens (primary N) is 1. The molecular weight excluding hydrogens is 162 g/mol. The molecule has 1 aromatic rings. The Hall–Kier alpha value is -0.830. The smallest absolute Gasteiger partial charge is 0.0492 e. The molecule has 0 bridgehead atoms. The van der Waals surface area contributed by atoms with Crippen molar-refractivity contribution in [2.75, 3.05) is 0 Å². The first-order valence-corrected chi connectivity index (χ1v) is 5.03. The van der Waals surface area contributed by atoms with E-state index in [4.69, 9.17) is 5.73 Å². The molecule has 0 unspecified atom stereocenters. The molecule has 1 aliphatic carbocycles. The number of hydrogen-bond donors (Lipinski definition) is 1. The fourth-order valence-corrected chi connectivity index (χ4v) is 1.64. The molecule has 0 saturated heterocycles. The monoisotopic (exact) mass is 179 g/mol. The second-order valence-corrected chi connectivity index (χ2v) is 4.00. The highest BCUT2D eigenvalue weighted by atomic mass is 15.3. The fraction of sp³-hybridized carbons (Fsp3) is 0.700. The van der Waals surface area contributed by atoms with Gasteiger partial charge in [-0.1, -0.05) is 0 Å². The summed E-state index contributed by atoms with van der Waals surface area (Å²) < 4.78 is 2.05. The summed E-state index contributed by atoms with van der Waals surface area (Å²) >= 11 is 0. The van der Waals surface area contributed by atoms with Gasteiger partial charge in [0.15, 0.2) is 0 Å². The molecule has 2 N–H and O–H groups in total. The van der Waals surface area contributed by atoms with Gasteiger partial charge >= 0.3 is 0 Å². The van der Waals surface area contributed by atoms with Gasteiger partial charge in [-0.15, -0.1) is 0 Å². The number of aryl methyl sites for hydroxylation is 2. The Labute approximate surface area is 78.9 Å². The van der Waals surface area contributed by atoms with Crippen molar-refractivity contribution in [3.05, 3.63) is 18.0 Å². The van der Waals surface area contributed by atoms with Gasteiger partial charge in [0.05, 0.1) is 0 Å². The SMILES string of the molecule is CCn1nccc1CCC1(N)CC1. The van der Waals surface area contributed by atoms with E-state index in [2.05, 4.69) is 18.1 Å². The van der Waals surface area contributed by atoms with Gasteiger partial charge in [-0.25, -0.2) is 0 Å². The fourth-order valence-electron chi connectivity index (χ4n) is 1.64. The normalized spacial score (nSPS) is 18.9. The minimum absolute atomic E-state index is 0.169. The zero-order chi connectivity index (χ0) is 9.31. The molecule has 0 atom stereocenters. The largest absolute Gasteiger partial charge is 0.325 e. The highest BCUT2D eigenvalue weighted by Crippen LogP contribution is 2.36.